The van der Waals surface area contributed by atoms with Crippen molar-refractivity contribution in [2.24, 2.45) is 0 Å². The lowest BCUT2D eigenvalue weighted by molar-refractivity contribution is 0.454. The summed E-state index contributed by atoms with van der Waals surface area (Å²) in [6, 6.07) is 5.46. The molecule has 4 nitrogen and oxygen atoms in total. The molecule has 21 heavy (non-hydrogen) atoms. The fourth-order valence-corrected chi connectivity index (χ4v) is 2.97. The van der Waals surface area contributed by atoms with Gasteiger partial charge in [-0.25, -0.2) is 4.98 Å². The van der Waals surface area contributed by atoms with Crippen LogP contribution in [0.25, 0.3) is 0 Å². The summed E-state index contributed by atoms with van der Waals surface area (Å²) in [5.41, 5.74) is 0.907. The summed E-state index contributed by atoms with van der Waals surface area (Å²) in [6.07, 6.45) is 6.29. The number of benzene rings is 1. The molecule has 8 heteroatoms. The Bertz CT molecular complexity index is 689. The Hall–Kier alpha value is -1.21. The maximum atomic E-state index is 6.02. The number of hydrogen-bond acceptors (Lipinski definition) is 5. The zero-order valence-electron chi connectivity index (χ0n) is 10.6. The minimum absolute atomic E-state index is 0.426. The second-order valence-electron chi connectivity index (χ2n) is 3.64. The molecule has 0 saturated carbocycles. The summed E-state index contributed by atoms with van der Waals surface area (Å²) < 4.78 is 9.69. The molecule has 2 heterocycles. The second kappa shape index (κ2) is 8.29. The zero-order chi connectivity index (χ0) is 15.1. The molecule has 0 fully saturated rings. The monoisotopic (exact) mass is 360 g/mol. The molecule has 0 unspecified atom stereocenters. The van der Waals surface area contributed by atoms with Crippen LogP contribution in [0, 0.1) is 4.84 Å². The average molecular weight is 361 g/mol. The fourth-order valence-electron chi connectivity index (χ4n) is 1.32. The number of thioether (sulfide) groups is 1. The van der Waals surface area contributed by atoms with Gasteiger partial charge in [0.2, 0.25) is 0 Å². The van der Waals surface area contributed by atoms with Crippen LogP contribution >= 0.6 is 47.2 Å². The molecule has 3 rings (SSSR count). The van der Waals surface area contributed by atoms with E-state index in [2.05, 4.69) is 26.6 Å². The standard InChI is InChI=1S/C10H7Cl2NOS.C3H3NOS/c11-8-2-1-3-9(12)7(8)6-15-10-13-4-5-14-10;6-3-4-1-2-5-3/h1-5H,6H2;1-2H,(H,4,6). The normalized spacial score (nSPS) is 10.0. The molecule has 0 bridgehead atoms. The van der Waals surface area contributed by atoms with Crippen LogP contribution < -0.4 is 0 Å². The van der Waals surface area contributed by atoms with Crippen molar-refractivity contribution in [1.82, 2.24) is 9.97 Å². The third kappa shape index (κ3) is 5.24. The van der Waals surface area contributed by atoms with E-state index in [9.17, 15) is 0 Å². The lowest BCUT2D eigenvalue weighted by Crippen LogP contribution is -1.84. The molecule has 1 aromatic carbocycles. The van der Waals surface area contributed by atoms with E-state index in [1.54, 1.807) is 12.4 Å². The first-order chi connectivity index (χ1) is 10.2. The number of oxazole rings is 2. The van der Waals surface area contributed by atoms with Crippen LogP contribution in [0.3, 0.4) is 0 Å². The molecular formula is C13H10Cl2N2O2S2. The molecular weight excluding hydrogens is 351 g/mol. The van der Waals surface area contributed by atoms with Gasteiger partial charge in [0.1, 0.15) is 12.5 Å². The van der Waals surface area contributed by atoms with Gasteiger partial charge in [-0.2, -0.15) is 0 Å². The number of H-pyrrole nitrogens is 1. The molecule has 0 amide bonds. The van der Waals surface area contributed by atoms with Crippen molar-refractivity contribution in [3.63, 3.8) is 0 Å². The van der Waals surface area contributed by atoms with Gasteiger partial charge in [-0.1, -0.05) is 41.0 Å². The largest absolute Gasteiger partial charge is 0.440 e. The van der Waals surface area contributed by atoms with Crippen LogP contribution in [0.1, 0.15) is 5.56 Å². The highest BCUT2D eigenvalue weighted by Crippen LogP contribution is 2.30. The number of nitrogens with zero attached hydrogens (tertiary/aromatic N) is 1. The Morgan fingerprint density at radius 3 is 2.43 bits per heavy atom. The molecule has 0 atom stereocenters. The van der Waals surface area contributed by atoms with Gasteiger partial charge in [0.15, 0.2) is 0 Å². The molecule has 0 aliphatic rings. The van der Waals surface area contributed by atoms with E-state index in [-0.39, 0.29) is 0 Å². The molecule has 0 aliphatic heterocycles. The first-order valence-corrected chi connectivity index (χ1v) is 7.89. The van der Waals surface area contributed by atoms with Gasteiger partial charge in [0.25, 0.3) is 10.1 Å². The number of halogens is 2. The van der Waals surface area contributed by atoms with Crippen LogP contribution in [0.15, 0.2) is 57.2 Å². The minimum atomic E-state index is 0.426. The quantitative estimate of drug-likeness (QED) is 0.485. The zero-order valence-corrected chi connectivity index (χ0v) is 13.7. The van der Waals surface area contributed by atoms with Crippen molar-refractivity contribution in [3.05, 3.63) is 63.6 Å². The van der Waals surface area contributed by atoms with Gasteiger partial charge in [-0.05, 0) is 29.9 Å². The van der Waals surface area contributed by atoms with Gasteiger partial charge in [-0.3, -0.25) is 0 Å². The van der Waals surface area contributed by atoms with Crippen molar-refractivity contribution >= 4 is 47.2 Å². The van der Waals surface area contributed by atoms with Crippen molar-refractivity contribution in [2.45, 2.75) is 11.0 Å². The van der Waals surface area contributed by atoms with Crippen LogP contribution in [0.5, 0.6) is 0 Å². The second-order valence-corrected chi connectivity index (χ2v) is 5.75. The van der Waals surface area contributed by atoms with E-state index in [0.29, 0.717) is 25.9 Å². The first-order valence-electron chi connectivity index (χ1n) is 5.74. The minimum Gasteiger partial charge on any atom is -0.440 e. The number of hydrogen-bond donors (Lipinski definition) is 1. The van der Waals surface area contributed by atoms with Gasteiger partial charge in [-0.15, -0.1) is 0 Å². The Kier molecular flexibility index (Phi) is 6.38. The summed E-state index contributed by atoms with van der Waals surface area (Å²) in [5.74, 6) is 0.652. The summed E-state index contributed by atoms with van der Waals surface area (Å²) in [4.78, 5) is 7.07. The number of rotatable bonds is 3. The van der Waals surface area contributed by atoms with E-state index in [1.807, 2.05) is 18.2 Å². The van der Waals surface area contributed by atoms with Crippen LogP contribution in [-0.2, 0) is 5.75 Å². The summed E-state index contributed by atoms with van der Waals surface area (Å²) in [5, 5.41) is 1.95. The van der Waals surface area contributed by atoms with Gasteiger partial charge >= 0.3 is 0 Å². The van der Waals surface area contributed by atoms with Crippen molar-refractivity contribution < 1.29 is 8.83 Å². The molecule has 0 radical (unpaired) electrons. The summed E-state index contributed by atoms with van der Waals surface area (Å²) in [6.45, 7) is 0. The van der Waals surface area contributed by atoms with E-state index in [0.717, 1.165) is 5.56 Å². The Morgan fingerprint density at radius 1 is 1.19 bits per heavy atom. The van der Waals surface area contributed by atoms with E-state index in [1.165, 1.54) is 24.3 Å². The van der Waals surface area contributed by atoms with E-state index >= 15 is 0 Å². The molecule has 0 spiro atoms. The lowest BCUT2D eigenvalue weighted by atomic mass is 10.2. The number of aromatic amines is 1. The van der Waals surface area contributed by atoms with Crippen LogP contribution in [0.4, 0.5) is 0 Å². The predicted octanol–water partition coefficient (Wildman–Crippen LogP) is 5.61. The predicted molar refractivity (Wildman–Crippen MR) is 86.4 cm³/mol. The fraction of sp³-hybridized carbons (Fsp3) is 0.0769. The number of nitrogens with one attached hydrogen (secondary N) is 1. The Balaban J connectivity index is 0.000000225. The van der Waals surface area contributed by atoms with Crippen molar-refractivity contribution in [2.75, 3.05) is 0 Å². The highest BCUT2D eigenvalue weighted by atomic mass is 35.5. The Morgan fingerprint density at radius 2 is 1.95 bits per heavy atom. The summed E-state index contributed by atoms with van der Waals surface area (Å²) >= 11 is 18.0. The molecule has 2 aromatic heterocycles. The van der Waals surface area contributed by atoms with Crippen LogP contribution in [-0.4, -0.2) is 9.97 Å². The highest BCUT2D eigenvalue weighted by molar-refractivity contribution is 7.98. The summed E-state index contributed by atoms with van der Waals surface area (Å²) in [7, 11) is 0. The molecule has 0 saturated heterocycles. The smallest absolute Gasteiger partial charge is 0.265 e. The maximum Gasteiger partial charge on any atom is 0.265 e. The average Bonchev–Trinajstić information content (AvgIpc) is 3.12. The molecule has 0 aliphatic carbocycles. The van der Waals surface area contributed by atoms with Crippen molar-refractivity contribution in [1.29, 1.82) is 0 Å². The Labute approximate surface area is 140 Å². The third-order valence-electron chi connectivity index (χ3n) is 2.26. The first kappa shape index (κ1) is 16.2. The molecule has 110 valence electrons. The molecule has 1 N–H and O–H groups in total. The van der Waals surface area contributed by atoms with E-state index < -0.39 is 0 Å². The number of aromatic nitrogens is 2. The van der Waals surface area contributed by atoms with Crippen LogP contribution in [0.2, 0.25) is 10.0 Å². The lowest BCUT2D eigenvalue weighted by Gasteiger charge is -2.04. The highest BCUT2D eigenvalue weighted by Gasteiger charge is 2.07. The van der Waals surface area contributed by atoms with Gasteiger partial charge in [0, 0.05) is 22.0 Å². The van der Waals surface area contributed by atoms with Crippen molar-refractivity contribution in [3.8, 4) is 0 Å². The SMILES string of the molecule is Clc1cccc(Cl)c1CSc1ncco1.S=c1[nH]cco1. The van der Waals surface area contributed by atoms with E-state index in [4.69, 9.17) is 27.6 Å². The topological polar surface area (TPSA) is 55.0 Å². The maximum absolute atomic E-state index is 6.02. The molecule has 3 aromatic rings. The van der Waals surface area contributed by atoms with Gasteiger partial charge < -0.3 is 13.8 Å². The third-order valence-corrected chi connectivity index (χ3v) is 4.06. The van der Waals surface area contributed by atoms with Gasteiger partial charge in [0.05, 0.1) is 6.20 Å².